The van der Waals surface area contributed by atoms with Gasteiger partial charge in [0, 0.05) is 0 Å². The highest BCUT2D eigenvalue weighted by atomic mass is 16.5. The molecular formula is C6H12O3. The Morgan fingerprint density at radius 2 is 1.89 bits per heavy atom. The van der Waals surface area contributed by atoms with E-state index in [4.69, 9.17) is 9.84 Å². The van der Waals surface area contributed by atoms with E-state index < -0.39 is 12.1 Å². The van der Waals surface area contributed by atoms with Crippen molar-refractivity contribution >= 4 is 5.97 Å². The lowest BCUT2D eigenvalue weighted by Crippen LogP contribution is -2.23. The van der Waals surface area contributed by atoms with Gasteiger partial charge in [-0.1, -0.05) is 0 Å². The Morgan fingerprint density at radius 1 is 1.44 bits per heavy atom. The molecule has 0 aliphatic carbocycles. The number of aliphatic carboxylic acids is 1. The number of ether oxygens (including phenoxy) is 1. The minimum atomic E-state index is -0.913. The van der Waals surface area contributed by atoms with E-state index in [2.05, 4.69) is 0 Å². The SMILES string of the molecule is CC(C)O[C@H](C)C(=O)O. The molecule has 0 radical (unpaired) electrons. The fourth-order valence-corrected chi connectivity index (χ4v) is 0.466. The molecule has 0 aromatic rings. The standard InChI is InChI=1S/C6H12O3/c1-4(2)9-5(3)6(7)8/h4-5H,1-3H3,(H,7,8)/t5-/m1/s1. The molecule has 0 heterocycles. The third-order valence-corrected chi connectivity index (χ3v) is 0.824. The maximum atomic E-state index is 10.1. The Bertz CT molecular complexity index is 98.5. The van der Waals surface area contributed by atoms with Gasteiger partial charge in [-0.15, -0.1) is 0 Å². The van der Waals surface area contributed by atoms with E-state index in [1.54, 1.807) is 13.8 Å². The highest BCUT2D eigenvalue weighted by molar-refractivity contribution is 5.71. The summed E-state index contributed by atoms with van der Waals surface area (Å²) in [5.41, 5.74) is 0. The van der Waals surface area contributed by atoms with Crippen LogP contribution < -0.4 is 0 Å². The van der Waals surface area contributed by atoms with E-state index in [-0.39, 0.29) is 6.10 Å². The van der Waals surface area contributed by atoms with Crippen LogP contribution >= 0.6 is 0 Å². The predicted octanol–water partition coefficient (Wildman–Crippen LogP) is 0.885. The number of carboxylic acids is 1. The van der Waals surface area contributed by atoms with Crippen LogP contribution in [0, 0.1) is 0 Å². The summed E-state index contributed by atoms with van der Waals surface area (Å²) in [4.78, 5) is 10.1. The average molecular weight is 132 g/mol. The molecule has 0 rings (SSSR count). The van der Waals surface area contributed by atoms with Crippen molar-refractivity contribution in [3.05, 3.63) is 0 Å². The molecule has 0 aromatic heterocycles. The van der Waals surface area contributed by atoms with Crippen LogP contribution in [-0.2, 0) is 9.53 Å². The third kappa shape index (κ3) is 3.97. The van der Waals surface area contributed by atoms with E-state index >= 15 is 0 Å². The molecule has 0 saturated carbocycles. The minimum absolute atomic E-state index is 0.0175. The van der Waals surface area contributed by atoms with Gasteiger partial charge in [-0.3, -0.25) is 0 Å². The second kappa shape index (κ2) is 3.45. The molecule has 3 heteroatoms. The fraction of sp³-hybridized carbons (Fsp3) is 0.833. The molecule has 1 N–H and O–H groups in total. The van der Waals surface area contributed by atoms with Crippen LogP contribution in [0.1, 0.15) is 20.8 Å². The summed E-state index contributed by atoms with van der Waals surface area (Å²) >= 11 is 0. The van der Waals surface area contributed by atoms with Gasteiger partial charge in [-0.05, 0) is 20.8 Å². The highest BCUT2D eigenvalue weighted by Gasteiger charge is 2.11. The van der Waals surface area contributed by atoms with Crippen molar-refractivity contribution < 1.29 is 14.6 Å². The average Bonchev–Trinajstić information content (AvgIpc) is 1.63. The summed E-state index contributed by atoms with van der Waals surface area (Å²) in [6.45, 7) is 5.13. The molecule has 0 aromatic carbocycles. The van der Waals surface area contributed by atoms with Crippen LogP contribution in [0.25, 0.3) is 0 Å². The number of hydrogen-bond donors (Lipinski definition) is 1. The smallest absolute Gasteiger partial charge is 0.332 e. The molecule has 9 heavy (non-hydrogen) atoms. The normalized spacial score (nSPS) is 13.8. The number of rotatable bonds is 3. The molecule has 0 fully saturated rings. The van der Waals surface area contributed by atoms with Crippen LogP contribution in [-0.4, -0.2) is 23.3 Å². The highest BCUT2D eigenvalue weighted by Crippen LogP contribution is 1.95. The van der Waals surface area contributed by atoms with Crippen molar-refractivity contribution in [3.63, 3.8) is 0 Å². The van der Waals surface area contributed by atoms with Crippen molar-refractivity contribution in [2.45, 2.75) is 33.0 Å². The molecule has 54 valence electrons. The van der Waals surface area contributed by atoms with E-state index in [9.17, 15) is 4.79 Å². The molecule has 0 amide bonds. The number of carboxylic acid groups (broad SMARTS) is 1. The van der Waals surface area contributed by atoms with Crippen molar-refractivity contribution in [3.8, 4) is 0 Å². The first kappa shape index (κ1) is 8.43. The van der Waals surface area contributed by atoms with Gasteiger partial charge < -0.3 is 9.84 Å². The van der Waals surface area contributed by atoms with Crippen LogP contribution in [0.3, 0.4) is 0 Å². The minimum Gasteiger partial charge on any atom is -0.479 e. The lowest BCUT2D eigenvalue weighted by atomic mass is 10.4. The van der Waals surface area contributed by atoms with Crippen LogP contribution in [0.15, 0.2) is 0 Å². The van der Waals surface area contributed by atoms with Crippen LogP contribution in [0.2, 0.25) is 0 Å². The monoisotopic (exact) mass is 132 g/mol. The van der Waals surface area contributed by atoms with Crippen molar-refractivity contribution in [2.24, 2.45) is 0 Å². The number of hydrogen-bond acceptors (Lipinski definition) is 2. The molecule has 0 unspecified atom stereocenters. The summed E-state index contributed by atoms with van der Waals surface area (Å²) in [7, 11) is 0. The van der Waals surface area contributed by atoms with E-state index in [1.165, 1.54) is 6.92 Å². The van der Waals surface area contributed by atoms with Gasteiger partial charge in [0.25, 0.3) is 0 Å². The largest absolute Gasteiger partial charge is 0.479 e. The summed E-state index contributed by atoms with van der Waals surface area (Å²) in [6, 6.07) is 0. The summed E-state index contributed by atoms with van der Waals surface area (Å²) < 4.78 is 4.91. The zero-order valence-electron chi connectivity index (χ0n) is 5.92. The molecular weight excluding hydrogens is 120 g/mol. The van der Waals surface area contributed by atoms with Gasteiger partial charge in [0.15, 0.2) is 6.10 Å². The fourth-order valence-electron chi connectivity index (χ4n) is 0.466. The molecule has 0 saturated heterocycles. The van der Waals surface area contributed by atoms with E-state index in [0.717, 1.165) is 0 Å². The lowest BCUT2D eigenvalue weighted by Gasteiger charge is -2.10. The quantitative estimate of drug-likeness (QED) is 0.620. The molecule has 3 nitrogen and oxygen atoms in total. The lowest BCUT2D eigenvalue weighted by molar-refractivity contribution is -0.151. The maximum Gasteiger partial charge on any atom is 0.332 e. The maximum absolute atomic E-state index is 10.1. The van der Waals surface area contributed by atoms with Crippen molar-refractivity contribution in [2.75, 3.05) is 0 Å². The first-order valence-electron chi connectivity index (χ1n) is 2.92. The Kier molecular flexibility index (Phi) is 3.24. The molecule has 1 atom stereocenters. The summed E-state index contributed by atoms with van der Waals surface area (Å²) in [5, 5.41) is 8.31. The Labute approximate surface area is 54.6 Å². The Morgan fingerprint density at radius 3 is 2.00 bits per heavy atom. The molecule has 0 aliphatic heterocycles. The Hall–Kier alpha value is -0.570. The molecule has 0 bridgehead atoms. The topological polar surface area (TPSA) is 46.5 Å². The second-order valence-corrected chi connectivity index (χ2v) is 2.17. The zero-order chi connectivity index (χ0) is 7.44. The first-order valence-corrected chi connectivity index (χ1v) is 2.92. The second-order valence-electron chi connectivity index (χ2n) is 2.17. The van der Waals surface area contributed by atoms with E-state index in [0.29, 0.717) is 0 Å². The van der Waals surface area contributed by atoms with Gasteiger partial charge in [-0.25, -0.2) is 4.79 Å². The van der Waals surface area contributed by atoms with Gasteiger partial charge >= 0.3 is 5.97 Å². The van der Waals surface area contributed by atoms with Crippen molar-refractivity contribution in [1.82, 2.24) is 0 Å². The van der Waals surface area contributed by atoms with Crippen LogP contribution in [0.5, 0.6) is 0 Å². The first-order chi connectivity index (χ1) is 4.04. The van der Waals surface area contributed by atoms with Gasteiger partial charge in [0.1, 0.15) is 0 Å². The van der Waals surface area contributed by atoms with Gasteiger partial charge in [0.05, 0.1) is 6.10 Å². The molecule has 0 spiro atoms. The third-order valence-electron chi connectivity index (χ3n) is 0.824. The molecule has 0 aliphatic rings. The van der Waals surface area contributed by atoms with Crippen molar-refractivity contribution in [1.29, 1.82) is 0 Å². The zero-order valence-corrected chi connectivity index (χ0v) is 5.92. The van der Waals surface area contributed by atoms with Crippen LogP contribution in [0.4, 0.5) is 0 Å². The summed E-state index contributed by atoms with van der Waals surface area (Å²) in [5.74, 6) is -0.913. The van der Waals surface area contributed by atoms with E-state index in [1.807, 2.05) is 0 Å². The number of carbonyl (C=O) groups is 1. The van der Waals surface area contributed by atoms with Gasteiger partial charge in [0.2, 0.25) is 0 Å². The predicted molar refractivity (Wildman–Crippen MR) is 33.3 cm³/mol. The Balaban J connectivity index is 3.50. The van der Waals surface area contributed by atoms with Gasteiger partial charge in [-0.2, -0.15) is 0 Å². The summed E-state index contributed by atoms with van der Waals surface area (Å²) in [6.07, 6.45) is -0.707.